The van der Waals surface area contributed by atoms with Gasteiger partial charge in [0.15, 0.2) is 0 Å². The topological polar surface area (TPSA) is 63.1 Å². The predicted molar refractivity (Wildman–Crippen MR) is 76.4 cm³/mol. The molecular formula is C14H17N3O2S. The van der Waals surface area contributed by atoms with Crippen LogP contribution < -0.4 is 10.0 Å². The lowest BCUT2D eigenvalue weighted by atomic mass is 10.1. The summed E-state index contributed by atoms with van der Waals surface area (Å²) in [5.41, 5.74) is 3.52. The first-order valence-electron chi connectivity index (χ1n) is 6.48. The maximum atomic E-state index is 12.1. The van der Waals surface area contributed by atoms with Crippen LogP contribution in [0.15, 0.2) is 41.6 Å². The van der Waals surface area contributed by atoms with Crippen LogP contribution in [0, 0.1) is 0 Å². The number of nitrogens with one attached hydrogen (secondary N) is 2. The van der Waals surface area contributed by atoms with Crippen LogP contribution in [0.3, 0.4) is 0 Å². The van der Waals surface area contributed by atoms with Crippen LogP contribution in [0.4, 0.5) is 0 Å². The average molecular weight is 291 g/mol. The molecule has 1 aromatic heterocycles. The van der Waals surface area contributed by atoms with E-state index in [1.165, 1.54) is 11.1 Å². The van der Waals surface area contributed by atoms with Gasteiger partial charge in [-0.3, -0.25) is 0 Å². The Bertz CT molecular complexity index is 735. The minimum absolute atomic E-state index is 0.294. The largest absolute Gasteiger partial charge is 0.356 e. The number of benzene rings is 1. The number of rotatable bonds is 4. The van der Waals surface area contributed by atoms with E-state index in [4.69, 9.17) is 0 Å². The van der Waals surface area contributed by atoms with Crippen LogP contribution in [-0.4, -0.2) is 13.0 Å². The van der Waals surface area contributed by atoms with E-state index in [1.807, 2.05) is 6.07 Å². The van der Waals surface area contributed by atoms with E-state index in [0.29, 0.717) is 11.4 Å². The Morgan fingerprint density at radius 3 is 2.80 bits per heavy atom. The summed E-state index contributed by atoms with van der Waals surface area (Å²) in [5, 5.41) is 3.27. The lowest BCUT2D eigenvalue weighted by molar-refractivity contribution is 0.581. The second-order valence-corrected chi connectivity index (χ2v) is 6.81. The number of fused-ring (bicyclic) bond motifs is 1. The molecule has 0 saturated heterocycles. The summed E-state index contributed by atoms with van der Waals surface area (Å²) >= 11 is 0. The average Bonchev–Trinajstić information content (AvgIpc) is 3.04. The summed E-state index contributed by atoms with van der Waals surface area (Å²) in [6.45, 7) is 2.06. The first kappa shape index (κ1) is 13.4. The van der Waals surface area contributed by atoms with Crippen molar-refractivity contribution in [3.05, 3.63) is 53.3 Å². The standard InChI is InChI=1S/C14H17N3O2S/c1-17-5-4-14(10-17)20(18,19)16-7-11-2-3-12-8-15-9-13(12)6-11/h2-6,10,15-16H,7-9H2,1H3. The molecule has 106 valence electrons. The van der Waals surface area contributed by atoms with Crippen LogP contribution in [0.5, 0.6) is 0 Å². The molecule has 0 saturated carbocycles. The van der Waals surface area contributed by atoms with E-state index in [-0.39, 0.29) is 0 Å². The lowest BCUT2D eigenvalue weighted by Gasteiger charge is -2.07. The number of aryl methyl sites for hydroxylation is 1. The normalized spacial score (nSPS) is 14.4. The molecule has 20 heavy (non-hydrogen) atoms. The van der Waals surface area contributed by atoms with E-state index in [9.17, 15) is 8.42 Å². The zero-order chi connectivity index (χ0) is 14.2. The molecule has 2 aromatic rings. The maximum Gasteiger partial charge on any atom is 0.242 e. The van der Waals surface area contributed by atoms with Crippen molar-refractivity contribution in [1.29, 1.82) is 0 Å². The van der Waals surface area contributed by atoms with Crippen molar-refractivity contribution in [2.24, 2.45) is 7.05 Å². The van der Waals surface area contributed by atoms with Crippen molar-refractivity contribution in [3.63, 3.8) is 0 Å². The number of aromatic nitrogens is 1. The molecule has 2 N–H and O–H groups in total. The number of hydrogen-bond acceptors (Lipinski definition) is 3. The van der Waals surface area contributed by atoms with Gasteiger partial charge < -0.3 is 9.88 Å². The summed E-state index contributed by atoms with van der Waals surface area (Å²) in [5.74, 6) is 0. The van der Waals surface area contributed by atoms with Gasteiger partial charge in [0.05, 0.1) is 4.90 Å². The summed E-state index contributed by atoms with van der Waals surface area (Å²) in [6, 6.07) is 7.68. The molecule has 0 radical (unpaired) electrons. The Kier molecular flexibility index (Phi) is 3.37. The van der Waals surface area contributed by atoms with Crippen molar-refractivity contribution in [2.45, 2.75) is 24.5 Å². The van der Waals surface area contributed by atoms with E-state index < -0.39 is 10.0 Å². The van der Waals surface area contributed by atoms with Gasteiger partial charge in [0, 0.05) is 39.1 Å². The third-order valence-electron chi connectivity index (χ3n) is 3.48. The van der Waals surface area contributed by atoms with Gasteiger partial charge in [0.1, 0.15) is 0 Å². The van der Waals surface area contributed by atoms with Crippen molar-refractivity contribution >= 4 is 10.0 Å². The highest BCUT2D eigenvalue weighted by Gasteiger charge is 2.15. The molecule has 0 spiro atoms. The van der Waals surface area contributed by atoms with Gasteiger partial charge >= 0.3 is 0 Å². The Balaban J connectivity index is 1.73. The van der Waals surface area contributed by atoms with Crippen molar-refractivity contribution in [1.82, 2.24) is 14.6 Å². The summed E-state index contributed by atoms with van der Waals surface area (Å²) in [7, 11) is -1.64. The highest BCUT2D eigenvalue weighted by molar-refractivity contribution is 7.89. The molecule has 0 aliphatic carbocycles. The second kappa shape index (κ2) is 5.05. The minimum Gasteiger partial charge on any atom is -0.356 e. The van der Waals surface area contributed by atoms with Gasteiger partial charge in [0.25, 0.3) is 0 Å². The Morgan fingerprint density at radius 1 is 1.25 bits per heavy atom. The molecule has 0 bridgehead atoms. The minimum atomic E-state index is -3.44. The number of hydrogen-bond donors (Lipinski definition) is 2. The van der Waals surface area contributed by atoms with Crippen molar-refractivity contribution in [2.75, 3.05) is 0 Å². The molecule has 0 fully saturated rings. The SMILES string of the molecule is Cn1ccc(S(=O)(=O)NCc2ccc3c(c2)CNC3)c1. The monoisotopic (exact) mass is 291 g/mol. The van der Waals surface area contributed by atoms with Crippen molar-refractivity contribution in [3.8, 4) is 0 Å². The summed E-state index contributed by atoms with van der Waals surface area (Å²) in [4.78, 5) is 0.294. The number of sulfonamides is 1. The molecule has 1 aliphatic rings. The van der Waals surface area contributed by atoms with Gasteiger partial charge in [-0.05, 0) is 22.8 Å². The molecule has 3 rings (SSSR count). The Morgan fingerprint density at radius 2 is 2.05 bits per heavy atom. The molecule has 0 atom stereocenters. The lowest BCUT2D eigenvalue weighted by Crippen LogP contribution is -2.23. The smallest absolute Gasteiger partial charge is 0.242 e. The van der Waals surface area contributed by atoms with Crippen LogP contribution in [0.25, 0.3) is 0 Å². The highest BCUT2D eigenvalue weighted by atomic mass is 32.2. The van der Waals surface area contributed by atoms with Gasteiger partial charge in [-0.1, -0.05) is 18.2 Å². The first-order chi connectivity index (χ1) is 9.54. The van der Waals surface area contributed by atoms with E-state index in [2.05, 4.69) is 22.2 Å². The van der Waals surface area contributed by atoms with Crippen molar-refractivity contribution < 1.29 is 8.42 Å². The fourth-order valence-electron chi connectivity index (χ4n) is 2.36. The first-order valence-corrected chi connectivity index (χ1v) is 7.96. The van der Waals surface area contributed by atoms with Crippen LogP contribution >= 0.6 is 0 Å². The van der Waals surface area contributed by atoms with Crippen LogP contribution in [0.1, 0.15) is 16.7 Å². The predicted octanol–water partition coefficient (Wildman–Crippen LogP) is 1.11. The fraction of sp³-hybridized carbons (Fsp3) is 0.286. The number of nitrogens with zero attached hydrogens (tertiary/aromatic N) is 1. The molecular weight excluding hydrogens is 274 g/mol. The van der Waals surface area contributed by atoms with Gasteiger partial charge in [0.2, 0.25) is 10.0 Å². The van der Waals surface area contributed by atoms with E-state index in [1.54, 1.807) is 30.1 Å². The Labute approximate surface area is 118 Å². The molecule has 0 amide bonds. The van der Waals surface area contributed by atoms with Crippen LogP contribution in [0.2, 0.25) is 0 Å². The molecule has 5 nitrogen and oxygen atoms in total. The third kappa shape index (κ3) is 2.63. The van der Waals surface area contributed by atoms with Gasteiger partial charge in [-0.15, -0.1) is 0 Å². The zero-order valence-electron chi connectivity index (χ0n) is 11.3. The third-order valence-corrected chi connectivity index (χ3v) is 4.87. The van der Waals surface area contributed by atoms with E-state index in [0.717, 1.165) is 18.7 Å². The molecule has 1 aromatic carbocycles. The van der Waals surface area contributed by atoms with Crippen LogP contribution in [-0.2, 0) is 36.7 Å². The quantitative estimate of drug-likeness (QED) is 0.887. The molecule has 2 heterocycles. The molecule has 0 unspecified atom stereocenters. The van der Waals surface area contributed by atoms with E-state index >= 15 is 0 Å². The molecule has 1 aliphatic heterocycles. The summed E-state index contributed by atoms with van der Waals surface area (Å²) in [6.07, 6.45) is 3.31. The molecule has 6 heteroatoms. The van der Waals surface area contributed by atoms with Gasteiger partial charge in [-0.25, -0.2) is 13.1 Å². The second-order valence-electron chi connectivity index (χ2n) is 5.04. The van der Waals surface area contributed by atoms with Gasteiger partial charge in [-0.2, -0.15) is 0 Å². The highest BCUT2D eigenvalue weighted by Crippen LogP contribution is 2.17. The zero-order valence-corrected chi connectivity index (χ0v) is 12.1. The maximum absolute atomic E-state index is 12.1. The fourth-order valence-corrected chi connectivity index (χ4v) is 3.42. The summed E-state index contributed by atoms with van der Waals surface area (Å²) < 4.78 is 28.6. The Hall–Kier alpha value is -1.63.